The molecule has 0 unspecified atom stereocenters. The number of nitrogens with zero attached hydrogens (tertiary/aromatic N) is 3. The van der Waals surface area contributed by atoms with E-state index in [4.69, 9.17) is 9.47 Å². The summed E-state index contributed by atoms with van der Waals surface area (Å²) in [5.41, 5.74) is 0.501. The maximum absolute atomic E-state index is 11.2. The van der Waals surface area contributed by atoms with E-state index in [0.29, 0.717) is 28.2 Å². The molecule has 2 aromatic carbocycles. The van der Waals surface area contributed by atoms with Crippen LogP contribution < -0.4 is 14.8 Å². The average molecular weight is 358 g/mol. The zero-order valence-electron chi connectivity index (χ0n) is 13.4. The van der Waals surface area contributed by atoms with Crippen LogP contribution in [0.5, 0.6) is 17.2 Å². The minimum atomic E-state index is -0.588. The first kappa shape index (κ1) is 18.7. The molecule has 0 aliphatic carbocycles. The molecular formula is C17H18N4O5. The van der Waals surface area contributed by atoms with Gasteiger partial charge in [-0.15, -0.1) is 0 Å². The maximum atomic E-state index is 11.2. The predicted octanol–water partition coefficient (Wildman–Crippen LogP) is 3.64. The van der Waals surface area contributed by atoms with Gasteiger partial charge in [-0.25, -0.2) is 9.97 Å². The fraction of sp³-hybridized carbons (Fsp3) is 0.176. The summed E-state index contributed by atoms with van der Waals surface area (Å²) in [6.45, 7) is 0. The number of nitro benzene ring substituents is 1. The largest absolute Gasteiger partial charge is 0.508 e. The minimum absolute atomic E-state index is 0. The number of phenols is 1. The third-order valence-corrected chi connectivity index (χ3v) is 3.57. The molecule has 0 aliphatic rings. The van der Waals surface area contributed by atoms with Gasteiger partial charge in [-0.1, -0.05) is 7.43 Å². The third-order valence-electron chi connectivity index (χ3n) is 3.57. The van der Waals surface area contributed by atoms with Crippen molar-refractivity contribution in [1.29, 1.82) is 0 Å². The standard InChI is InChI=1S/C16H14N4O5.CH4/c1-24-14-6-10-12(7-15(14)25-2)17-8-18-16(10)19-11-4-3-9(21)5-13(11)20(22)23;/h3-8,21H,1-2H3,(H,17,18,19);1H4. The highest BCUT2D eigenvalue weighted by molar-refractivity contribution is 5.93. The Morgan fingerprint density at radius 3 is 2.46 bits per heavy atom. The third kappa shape index (κ3) is 3.41. The summed E-state index contributed by atoms with van der Waals surface area (Å²) in [6, 6.07) is 7.19. The van der Waals surface area contributed by atoms with Gasteiger partial charge >= 0.3 is 0 Å². The molecule has 9 nitrogen and oxygen atoms in total. The van der Waals surface area contributed by atoms with Crippen LogP contribution in [0.3, 0.4) is 0 Å². The Bertz CT molecular complexity index is 961. The molecule has 3 rings (SSSR count). The highest BCUT2D eigenvalue weighted by Crippen LogP contribution is 2.36. The molecule has 1 aromatic heterocycles. The smallest absolute Gasteiger partial charge is 0.296 e. The van der Waals surface area contributed by atoms with Crippen molar-refractivity contribution < 1.29 is 19.5 Å². The lowest BCUT2D eigenvalue weighted by Crippen LogP contribution is -2.00. The Kier molecular flexibility index (Phi) is 5.41. The Labute approximate surface area is 149 Å². The van der Waals surface area contributed by atoms with Crippen LogP contribution in [0, 0.1) is 10.1 Å². The van der Waals surface area contributed by atoms with Crippen molar-refractivity contribution >= 4 is 28.1 Å². The molecular weight excluding hydrogens is 340 g/mol. The first-order valence-corrected chi connectivity index (χ1v) is 7.14. The molecule has 3 aromatic rings. The quantitative estimate of drug-likeness (QED) is 0.403. The van der Waals surface area contributed by atoms with Crippen molar-refractivity contribution in [3.05, 3.63) is 46.8 Å². The highest BCUT2D eigenvalue weighted by Gasteiger charge is 2.17. The summed E-state index contributed by atoms with van der Waals surface area (Å²) < 4.78 is 10.5. The molecule has 1 heterocycles. The van der Waals surface area contributed by atoms with E-state index in [1.165, 1.54) is 32.7 Å². The molecule has 0 atom stereocenters. The molecule has 9 heteroatoms. The van der Waals surface area contributed by atoms with E-state index in [1.54, 1.807) is 12.1 Å². The van der Waals surface area contributed by atoms with Crippen molar-refractivity contribution in [2.24, 2.45) is 0 Å². The number of aromatic nitrogens is 2. The number of hydrogen-bond acceptors (Lipinski definition) is 8. The number of phenolic OH excluding ortho intramolecular Hbond substituents is 1. The Morgan fingerprint density at radius 1 is 1.12 bits per heavy atom. The number of anilines is 2. The summed E-state index contributed by atoms with van der Waals surface area (Å²) in [5.74, 6) is 1.15. The van der Waals surface area contributed by atoms with E-state index in [0.717, 1.165) is 6.07 Å². The van der Waals surface area contributed by atoms with Gasteiger partial charge in [0.05, 0.1) is 30.7 Å². The van der Waals surface area contributed by atoms with Crippen LogP contribution in [0.15, 0.2) is 36.7 Å². The van der Waals surface area contributed by atoms with Gasteiger partial charge in [0.15, 0.2) is 11.5 Å². The average Bonchev–Trinajstić information content (AvgIpc) is 2.62. The van der Waals surface area contributed by atoms with Crippen LogP contribution in [-0.4, -0.2) is 34.2 Å². The van der Waals surface area contributed by atoms with Crippen LogP contribution in [-0.2, 0) is 0 Å². The van der Waals surface area contributed by atoms with Gasteiger partial charge in [0.25, 0.3) is 5.69 Å². The second-order valence-electron chi connectivity index (χ2n) is 5.03. The number of methoxy groups -OCH3 is 2. The number of nitro groups is 1. The van der Waals surface area contributed by atoms with Gasteiger partial charge in [0.2, 0.25) is 0 Å². The van der Waals surface area contributed by atoms with E-state index >= 15 is 0 Å². The number of nitrogens with one attached hydrogen (secondary N) is 1. The van der Waals surface area contributed by atoms with Crippen molar-refractivity contribution in [2.75, 3.05) is 19.5 Å². The second kappa shape index (κ2) is 7.51. The lowest BCUT2D eigenvalue weighted by molar-refractivity contribution is -0.384. The van der Waals surface area contributed by atoms with Gasteiger partial charge < -0.3 is 19.9 Å². The summed E-state index contributed by atoms with van der Waals surface area (Å²) in [4.78, 5) is 18.9. The van der Waals surface area contributed by atoms with E-state index in [-0.39, 0.29) is 24.6 Å². The van der Waals surface area contributed by atoms with Crippen LogP contribution in [0.25, 0.3) is 10.9 Å². The molecule has 136 valence electrons. The molecule has 0 radical (unpaired) electrons. The summed E-state index contributed by atoms with van der Waals surface area (Å²) in [6.07, 6.45) is 1.34. The highest BCUT2D eigenvalue weighted by atomic mass is 16.6. The van der Waals surface area contributed by atoms with Gasteiger partial charge in [-0.05, 0) is 18.2 Å². The van der Waals surface area contributed by atoms with Crippen molar-refractivity contribution in [1.82, 2.24) is 9.97 Å². The Morgan fingerprint density at radius 2 is 1.81 bits per heavy atom. The number of benzene rings is 2. The lowest BCUT2D eigenvalue weighted by atomic mass is 10.2. The van der Waals surface area contributed by atoms with Crippen molar-refractivity contribution in [3.63, 3.8) is 0 Å². The minimum Gasteiger partial charge on any atom is -0.508 e. The van der Waals surface area contributed by atoms with Crippen LogP contribution in [0.2, 0.25) is 0 Å². The summed E-state index contributed by atoms with van der Waals surface area (Å²) in [7, 11) is 3.02. The SMILES string of the molecule is C.COc1cc2ncnc(Nc3ccc(O)cc3[N+](=O)[O-])c2cc1OC. The van der Waals surface area contributed by atoms with Crippen LogP contribution in [0.1, 0.15) is 7.43 Å². The second-order valence-corrected chi connectivity index (χ2v) is 5.03. The van der Waals surface area contributed by atoms with Crippen molar-refractivity contribution in [3.8, 4) is 17.2 Å². The Balaban J connectivity index is 0.00000243. The van der Waals surface area contributed by atoms with Gasteiger partial charge in [-0.2, -0.15) is 0 Å². The first-order chi connectivity index (χ1) is 12.0. The molecule has 0 amide bonds. The fourth-order valence-electron chi connectivity index (χ4n) is 2.39. The normalized spacial score (nSPS) is 10.1. The number of rotatable bonds is 5. The maximum Gasteiger partial charge on any atom is 0.296 e. The molecule has 26 heavy (non-hydrogen) atoms. The van der Waals surface area contributed by atoms with Gasteiger partial charge in [-0.3, -0.25) is 10.1 Å². The van der Waals surface area contributed by atoms with E-state index in [9.17, 15) is 15.2 Å². The monoisotopic (exact) mass is 358 g/mol. The lowest BCUT2D eigenvalue weighted by Gasteiger charge is -2.12. The number of ether oxygens (including phenoxy) is 2. The Hall–Kier alpha value is -3.62. The van der Waals surface area contributed by atoms with Gasteiger partial charge in [0.1, 0.15) is 23.6 Å². The molecule has 0 spiro atoms. The zero-order chi connectivity index (χ0) is 18.0. The molecule has 0 aliphatic heterocycles. The summed E-state index contributed by atoms with van der Waals surface area (Å²) >= 11 is 0. The molecule has 0 saturated carbocycles. The zero-order valence-corrected chi connectivity index (χ0v) is 13.4. The van der Waals surface area contributed by atoms with Crippen LogP contribution >= 0.6 is 0 Å². The first-order valence-electron chi connectivity index (χ1n) is 7.14. The number of hydrogen-bond donors (Lipinski definition) is 2. The predicted molar refractivity (Wildman–Crippen MR) is 97.4 cm³/mol. The van der Waals surface area contributed by atoms with E-state index in [2.05, 4.69) is 15.3 Å². The molecule has 0 fully saturated rings. The van der Waals surface area contributed by atoms with Crippen LogP contribution in [0.4, 0.5) is 17.2 Å². The van der Waals surface area contributed by atoms with Gasteiger partial charge in [0, 0.05) is 11.5 Å². The fourth-order valence-corrected chi connectivity index (χ4v) is 2.39. The summed E-state index contributed by atoms with van der Waals surface area (Å²) in [5, 5.41) is 24.2. The molecule has 0 saturated heterocycles. The van der Waals surface area contributed by atoms with E-state index in [1.807, 2.05) is 0 Å². The number of fused-ring (bicyclic) bond motifs is 1. The number of aromatic hydroxyl groups is 1. The van der Waals surface area contributed by atoms with E-state index < -0.39 is 4.92 Å². The molecule has 2 N–H and O–H groups in total. The molecule has 0 bridgehead atoms. The topological polar surface area (TPSA) is 120 Å². The van der Waals surface area contributed by atoms with Crippen molar-refractivity contribution in [2.45, 2.75) is 7.43 Å².